The molecule has 6 heteroatoms. The smallest absolute Gasteiger partial charge is 0.255 e. The van der Waals surface area contributed by atoms with Crippen molar-refractivity contribution in [3.05, 3.63) is 58.9 Å². The van der Waals surface area contributed by atoms with E-state index in [9.17, 15) is 4.79 Å². The number of rotatable bonds is 3. The van der Waals surface area contributed by atoms with Crippen molar-refractivity contribution < 1.29 is 9.53 Å². The van der Waals surface area contributed by atoms with E-state index in [0.717, 1.165) is 25.9 Å². The topological polar surface area (TPSA) is 66.2 Å². The van der Waals surface area contributed by atoms with E-state index in [1.165, 1.54) is 0 Å². The summed E-state index contributed by atoms with van der Waals surface area (Å²) in [7, 11) is 0. The van der Waals surface area contributed by atoms with E-state index in [4.69, 9.17) is 21.6 Å². The maximum atomic E-state index is 12.6. The van der Waals surface area contributed by atoms with Gasteiger partial charge < -0.3 is 9.64 Å². The molecule has 5 nitrogen and oxygen atoms in total. The molecule has 132 valence electrons. The van der Waals surface area contributed by atoms with Gasteiger partial charge >= 0.3 is 0 Å². The second-order valence-electron chi connectivity index (χ2n) is 6.94. The van der Waals surface area contributed by atoms with Gasteiger partial charge in [-0.2, -0.15) is 5.26 Å². The van der Waals surface area contributed by atoms with Gasteiger partial charge in [-0.15, -0.1) is 0 Å². The highest BCUT2D eigenvalue weighted by atomic mass is 35.5. The number of hydrogen-bond donors (Lipinski definition) is 0. The first-order chi connectivity index (χ1) is 12.6. The first kappa shape index (κ1) is 16.9. The molecule has 0 bridgehead atoms. The van der Waals surface area contributed by atoms with Crippen molar-refractivity contribution in [2.24, 2.45) is 11.8 Å². The van der Waals surface area contributed by atoms with Gasteiger partial charge in [-0.05, 0) is 48.9 Å². The fraction of sp³-hybridized carbons (Fsp3) is 0.350. The molecule has 2 fully saturated rings. The minimum absolute atomic E-state index is 0.0591. The zero-order valence-corrected chi connectivity index (χ0v) is 14.9. The number of ether oxygens (including phenoxy) is 1. The highest BCUT2D eigenvalue weighted by Crippen LogP contribution is 2.40. The van der Waals surface area contributed by atoms with Crippen LogP contribution in [0.15, 0.2) is 42.7 Å². The van der Waals surface area contributed by atoms with Crippen molar-refractivity contribution in [1.82, 2.24) is 9.88 Å². The Labute approximate surface area is 157 Å². The molecule has 0 N–H and O–H groups in total. The van der Waals surface area contributed by atoms with Gasteiger partial charge in [-0.1, -0.05) is 11.6 Å². The first-order valence-corrected chi connectivity index (χ1v) is 9.07. The van der Waals surface area contributed by atoms with Gasteiger partial charge in [-0.3, -0.25) is 9.78 Å². The van der Waals surface area contributed by atoms with Crippen LogP contribution in [-0.2, 0) is 0 Å². The molecule has 1 aliphatic carbocycles. The molecule has 1 aromatic heterocycles. The summed E-state index contributed by atoms with van der Waals surface area (Å²) in [6, 6.07) is 10.8. The van der Waals surface area contributed by atoms with Crippen LogP contribution in [0.2, 0.25) is 5.02 Å². The molecule has 1 aliphatic heterocycles. The fourth-order valence-electron chi connectivity index (χ4n) is 4.03. The number of nitrogens with zero attached hydrogens (tertiary/aromatic N) is 3. The van der Waals surface area contributed by atoms with Crippen LogP contribution in [0.3, 0.4) is 0 Å². The van der Waals surface area contributed by atoms with Crippen molar-refractivity contribution in [2.45, 2.75) is 18.9 Å². The molecule has 1 saturated carbocycles. The van der Waals surface area contributed by atoms with Gasteiger partial charge in [0.15, 0.2) is 0 Å². The molecule has 2 heterocycles. The number of halogens is 1. The third kappa shape index (κ3) is 3.25. The molecule has 0 spiro atoms. The van der Waals surface area contributed by atoms with Crippen LogP contribution in [0, 0.1) is 23.2 Å². The van der Waals surface area contributed by atoms with Crippen molar-refractivity contribution in [3.8, 4) is 11.8 Å². The quantitative estimate of drug-likeness (QED) is 0.832. The molecule has 0 radical (unpaired) electrons. The third-order valence-corrected chi connectivity index (χ3v) is 5.58. The van der Waals surface area contributed by atoms with Crippen LogP contribution in [0.5, 0.6) is 5.75 Å². The predicted octanol–water partition coefficient (Wildman–Crippen LogP) is 3.54. The van der Waals surface area contributed by atoms with Crippen LogP contribution in [0.25, 0.3) is 0 Å². The number of amides is 1. The number of carbonyl (C=O) groups excluding carboxylic acids is 1. The Morgan fingerprint density at radius 3 is 2.65 bits per heavy atom. The average molecular weight is 368 g/mol. The average Bonchev–Trinajstić information content (AvgIpc) is 3.20. The Kier molecular flexibility index (Phi) is 4.52. The molecule has 1 saturated heterocycles. The summed E-state index contributed by atoms with van der Waals surface area (Å²) in [5.74, 6) is 1.69. The summed E-state index contributed by atoms with van der Waals surface area (Å²) in [4.78, 5) is 18.5. The molecule has 1 amide bonds. The van der Waals surface area contributed by atoms with E-state index < -0.39 is 0 Å². The second kappa shape index (κ2) is 6.97. The van der Waals surface area contributed by atoms with Crippen LogP contribution in [-0.4, -0.2) is 35.0 Å². The predicted molar refractivity (Wildman–Crippen MR) is 96.9 cm³/mol. The van der Waals surface area contributed by atoms with Gasteiger partial charge in [-0.25, -0.2) is 0 Å². The van der Waals surface area contributed by atoms with Crippen molar-refractivity contribution >= 4 is 17.5 Å². The lowest BCUT2D eigenvalue weighted by atomic mass is 10.0. The van der Waals surface area contributed by atoms with Crippen molar-refractivity contribution in [1.29, 1.82) is 5.26 Å². The Morgan fingerprint density at radius 2 is 2.04 bits per heavy atom. The Morgan fingerprint density at radius 1 is 1.27 bits per heavy atom. The number of nitriles is 1. The minimum atomic E-state index is 0.0591. The number of aromatic nitrogens is 1. The van der Waals surface area contributed by atoms with E-state index in [1.807, 2.05) is 17.0 Å². The van der Waals surface area contributed by atoms with Gasteiger partial charge in [0.25, 0.3) is 5.91 Å². The summed E-state index contributed by atoms with van der Waals surface area (Å²) < 4.78 is 6.07. The van der Waals surface area contributed by atoms with Crippen molar-refractivity contribution in [3.63, 3.8) is 0 Å². The molecular weight excluding hydrogens is 350 g/mol. The monoisotopic (exact) mass is 367 g/mol. The highest BCUT2D eigenvalue weighted by Gasteiger charge is 2.43. The maximum absolute atomic E-state index is 12.6. The first-order valence-electron chi connectivity index (χ1n) is 8.69. The molecule has 1 aromatic carbocycles. The zero-order valence-electron chi connectivity index (χ0n) is 14.1. The second-order valence-corrected chi connectivity index (χ2v) is 7.34. The summed E-state index contributed by atoms with van der Waals surface area (Å²) in [6.07, 6.45) is 5.28. The summed E-state index contributed by atoms with van der Waals surface area (Å²) >= 11 is 6.07. The lowest BCUT2D eigenvalue weighted by Crippen LogP contribution is -2.30. The summed E-state index contributed by atoms with van der Waals surface area (Å²) in [5.41, 5.74) is 1.10. The Bertz CT molecular complexity index is 851. The van der Waals surface area contributed by atoms with E-state index in [-0.39, 0.29) is 12.0 Å². The van der Waals surface area contributed by atoms with Gasteiger partial charge in [0.1, 0.15) is 11.8 Å². The largest absolute Gasteiger partial charge is 0.490 e. The summed E-state index contributed by atoms with van der Waals surface area (Å²) in [5, 5.41) is 9.36. The lowest BCUT2D eigenvalue weighted by Gasteiger charge is -2.20. The number of pyridine rings is 1. The molecule has 2 aromatic rings. The van der Waals surface area contributed by atoms with Crippen LogP contribution < -0.4 is 4.74 Å². The Balaban J connectivity index is 1.36. The maximum Gasteiger partial charge on any atom is 0.255 e. The third-order valence-electron chi connectivity index (χ3n) is 5.27. The Hall–Kier alpha value is -2.58. The number of fused-ring (bicyclic) bond motifs is 1. The van der Waals surface area contributed by atoms with E-state index >= 15 is 0 Å². The zero-order chi connectivity index (χ0) is 18.1. The van der Waals surface area contributed by atoms with E-state index in [1.54, 1.807) is 36.7 Å². The van der Waals surface area contributed by atoms with Crippen LogP contribution in [0.1, 0.15) is 28.8 Å². The minimum Gasteiger partial charge on any atom is -0.490 e. The SMILES string of the molecule is N#Cc1ccc(OC2CC3CN(C(=O)c4cccnc4)CC3C2)cc1Cl. The number of likely N-dealkylation sites (tertiary alicyclic amines) is 1. The lowest BCUT2D eigenvalue weighted by molar-refractivity contribution is 0.0769. The number of hydrogen-bond acceptors (Lipinski definition) is 4. The van der Waals surface area contributed by atoms with E-state index in [0.29, 0.717) is 33.7 Å². The molecule has 2 unspecified atom stereocenters. The van der Waals surface area contributed by atoms with Crippen LogP contribution >= 0.6 is 11.6 Å². The molecule has 4 rings (SSSR count). The molecule has 2 atom stereocenters. The van der Waals surface area contributed by atoms with Gasteiger partial charge in [0, 0.05) is 31.5 Å². The fourth-order valence-corrected chi connectivity index (χ4v) is 4.24. The standard InChI is InChI=1S/C20H18ClN3O2/c21-19-8-17(4-3-13(19)9-22)26-18-6-15-11-24(12-16(15)7-18)20(25)14-2-1-5-23-10-14/h1-5,8,10,15-16,18H,6-7,11-12H2. The van der Waals surface area contributed by atoms with Gasteiger partial charge in [0.2, 0.25) is 0 Å². The van der Waals surface area contributed by atoms with Crippen molar-refractivity contribution in [2.75, 3.05) is 13.1 Å². The molecule has 26 heavy (non-hydrogen) atoms. The molecule has 2 aliphatic rings. The number of benzene rings is 1. The van der Waals surface area contributed by atoms with E-state index in [2.05, 4.69) is 4.98 Å². The molecular formula is C20H18ClN3O2. The van der Waals surface area contributed by atoms with Gasteiger partial charge in [0.05, 0.1) is 22.3 Å². The normalized spacial score (nSPS) is 24.2. The van der Waals surface area contributed by atoms with Crippen LogP contribution in [0.4, 0.5) is 0 Å². The summed E-state index contributed by atoms with van der Waals surface area (Å²) in [6.45, 7) is 1.54. The number of carbonyl (C=O) groups is 1. The highest BCUT2D eigenvalue weighted by molar-refractivity contribution is 6.31.